The summed E-state index contributed by atoms with van der Waals surface area (Å²) in [6, 6.07) is 3.48. The minimum absolute atomic E-state index is 0.112. The first-order valence-corrected chi connectivity index (χ1v) is 8.66. The Hall–Kier alpha value is -1.97. The molecule has 1 aromatic carbocycles. The summed E-state index contributed by atoms with van der Waals surface area (Å²) in [5.74, 6) is -0.348. The van der Waals surface area contributed by atoms with E-state index in [4.69, 9.17) is 9.47 Å². The zero-order chi connectivity index (χ0) is 18.1. The van der Waals surface area contributed by atoms with Gasteiger partial charge in [-0.1, -0.05) is 0 Å². The molecule has 0 bridgehead atoms. The Morgan fingerprint density at radius 3 is 2.75 bits per heavy atom. The third-order valence-electron chi connectivity index (χ3n) is 3.21. The predicted molar refractivity (Wildman–Crippen MR) is 88.1 cm³/mol. The molecule has 0 fully saturated rings. The number of carbonyl (C=O) groups is 2. The van der Waals surface area contributed by atoms with Crippen LogP contribution in [0.15, 0.2) is 18.2 Å². The minimum Gasteiger partial charge on any atom is -0.504 e. The standard InChI is InChI=1S/C15H22N2O6S/c1-22-13-9-10(3-4-12(13)18)14(19)17(21)6-7-23-15(20)11(16)5-8-24-2/h3-4,9,11,18,21H,5-8,16H2,1-2H3/p+1/t11-/m0/s1. The Labute approximate surface area is 144 Å². The van der Waals surface area contributed by atoms with Gasteiger partial charge in [-0.25, -0.2) is 9.86 Å². The van der Waals surface area contributed by atoms with E-state index in [-0.39, 0.29) is 30.2 Å². The van der Waals surface area contributed by atoms with Crippen LogP contribution in [0.4, 0.5) is 0 Å². The molecule has 0 saturated heterocycles. The fraction of sp³-hybridized carbons (Fsp3) is 0.467. The summed E-state index contributed by atoms with van der Waals surface area (Å²) in [7, 11) is 1.35. The van der Waals surface area contributed by atoms with Gasteiger partial charge in [-0.2, -0.15) is 11.8 Å². The third kappa shape index (κ3) is 5.91. The highest BCUT2D eigenvalue weighted by molar-refractivity contribution is 7.98. The maximum absolute atomic E-state index is 12.1. The van der Waals surface area contributed by atoms with Gasteiger partial charge in [0.1, 0.15) is 6.61 Å². The van der Waals surface area contributed by atoms with E-state index < -0.39 is 17.9 Å². The van der Waals surface area contributed by atoms with Crippen LogP contribution in [-0.2, 0) is 9.53 Å². The van der Waals surface area contributed by atoms with Gasteiger partial charge >= 0.3 is 5.97 Å². The van der Waals surface area contributed by atoms with Gasteiger partial charge < -0.3 is 20.3 Å². The summed E-state index contributed by atoms with van der Waals surface area (Å²) in [5, 5.41) is 19.7. The molecule has 0 unspecified atom stereocenters. The predicted octanol–water partition coefficient (Wildman–Crippen LogP) is 0.139. The van der Waals surface area contributed by atoms with Gasteiger partial charge in [0.25, 0.3) is 5.91 Å². The minimum atomic E-state index is -0.696. The molecule has 0 aliphatic heterocycles. The van der Waals surface area contributed by atoms with Crippen LogP contribution >= 0.6 is 11.8 Å². The number of benzene rings is 1. The number of phenols is 1. The largest absolute Gasteiger partial charge is 0.504 e. The van der Waals surface area contributed by atoms with E-state index in [1.54, 1.807) is 11.8 Å². The molecule has 8 nitrogen and oxygen atoms in total. The lowest BCUT2D eigenvalue weighted by Gasteiger charge is -2.16. The molecule has 1 aromatic rings. The number of hydrogen-bond donors (Lipinski definition) is 3. The fourth-order valence-corrected chi connectivity index (χ4v) is 2.31. The molecular weight excluding hydrogens is 336 g/mol. The molecule has 9 heteroatoms. The van der Waals surface area contributed by atoms with Gasteiger partial charge in [-0.15, -0.1) is 0 Å². The number of quaternary nitrogens is 1. The average molecular weight is 359 g/mol. The highest BCUT2D eigenvalue weighted by Gasteiger charge is 2.20. The van der Waals surface area contributed by atoms with Crippen molar-refractivity contribution in [2.75, 3.05) is 32.3 Å². The molecule has 0 saturated carbocycles. The second-order valence-corrected chi connectivity index (χ2v) is 5.95. The van der Waals surface area contributed by atoms with E-state index in [9.17, 15) is 19.9 Å². The van der Waals surface area contributed by atoms with Crippen LogP contribution in [0.5, 0.6) is 11.5 Å². The molecule has 1 atom stereocenters. The Morgan fingerprint density at radius 2 is 2.12 bits per heavy atom. The maximum atomic E-state index is 12.1. The first-order chi connectivity index (χ1) is 11.4. The number of nitrogens with zero attached hydrogens (tertiary/aromatic N) is 1. The third-order valence-corrected chi connectivity index (χ3v) is 3.86. The van der Waals surface area contributed by atoms with Crippen LogP contribution < -0.4 is 10.5 Å². The Balaban J connectivity index is 2.49. The maximum Gasteiger partial charge on any atom is 0.364 e. The van der Waals surface area contributed by atoms with E-state index in [2.05, 4.69) is 5.73 Å². The van der Waals surface area contributed by atoms with Crippen LogP contribution in [0, 0.1) is 0 Å². The van der Waals surface area contributed by atoms with Gasteiger partial charge in [0.05, 0.1) is 13.7 Å². The van der Waals surface area contributed by atoms with Crippen LogP contribution in [-0.4, -0.2) is 65.6 Å². The van der Waals surface area contributed by atoms with Crippen molar-refractivity contribution in [3.8, 4) is 11.5 Å². The lowest BCUT2D eigenvalue weighted by molar-refractivity contribution is -0.408. The van der Waals surface area contributed by atoms with Crippen molar-refractivity contribution in [2.24, 2.45) is 0 Å². The second-order valence-electron chi connectivity index (χ2n) is 4.96. The number of thioether (sulfide) groups is 1. The van der Waals surface area contributed by atoms with Crippen molar-refractivity contribution in [3.05, 3.63) is 23.8 Å². The summed E-state index contributed by atoms with van der Waals surface area (Å²) in [6.45, 7) is -0.315. The van der Waals surface area contributed by atoms with Gasteiger partial charge in [-0.05, 0) is 30.2 Å². The molecule has 1 rings (SSSR count). The lowest BCUT2D eigenvalue weighted by atomic mass is 10.2. The van der Waals surface area contributed by atoms with Crippen LogP contribution in [0.25, 0.3) is 0 Å². The molecule has 24 heavy (non-hydrogen) atoms. The second kappa shape index (κ2) is 10.0. The fourth-order valence-electron chi connectivity index (χ4n) is 1.79. The monoisotopic (exact) mass is 359 g/mol. The molecule has 0 spiro atoms. The summed E-state index contributed by atoms with van der Waals surface area (Å²) < 4.78 is 9.90. The molecule has 0 aliphatic carbocycles. The summed E-state index contributed by atoms with van der Waals surface area (Å²) in [5.41, 5.74) is 3.85. The van der Waals surface area contributed by atoms with Crippen molar-refractivity contribution >= 4 is 23.6 Å². The number of hydroxylamine groups is 2. The van der Waals surface area contributed by atoms with Crippen LogP contribution in [0.3, 0.4) is 0 Å². The van der Waals surface area contributed by atoms with Gasteiger partial charge in [-0.3, -0.25) is 10.0 Å². The molecule has 0 aliphatic rings. The number of methoxy groups -OCH3 is 1. The smallest absolute Gasteiger partial charge is 0.364 e. The Kier molecular flexibility index (Phi) is 8.37. The number of esters is 1. The van der Waals surface area contributed by atoms with Crippen LogP contribution in [0.1, 0.15) is 16.8 Å². The van der Waals surface area contributed by atoms with Gasteiger partial charge in [0.2, 0.25) is 0 Å². The number of ether oxygens (including phenoxy) is 2. The number of rotatable bonds is 9. The van der Waals surface area contributed by atoms with E-state index in [0.717, 1.165) is 5.75 Å². The molecular formula is C15H23N2O6S+. The van der Waals surface area contributed by atoms with E-state index in [1.165, 1.54) is 25.3 Å². The van der Waals surface area contributed by atoms with Crippen molar-refractivity contribution < 1.29 is 35.1 Å². The van der Waals surface area contributed by atoms with E-state index in [0.29, 0.717) is 11.5 Å². The Bertz CT molecular complexity index is 569. The van der Waals surface area contributed by atoms with Gasteiger partial charge in [0.15, 0.2) is 17.5 Å². The molecule has 134 valence electrons. The normalized spacial score (nSPS) is 11.7. The van der Waals surface area contributed by atoms with Crippen molar-refractivity contribution in [3.63, 3.8) is 0 Å². The number of phenolic OH excluding ortho intramolecular Hbond substituents is 1. The highest BCUT2D eigenvalue weighted by Crippen LogP contribution is 2.26. The average Bonchev–Trinajstić information content (AvgIpc) is 2.59. The van der Waals surface area contributed by atoms with Crippen LogP contribution in [0.2, 0.25) is 0 Å². The summed E-state index contributed by atoms with van der Waals surface area (Å²) in [4.78, 5) is 23.7. The topological polar surface area (TPSA) is 124 Å². The number of amides is 1. The molecule has 0 heterocycles. The first-order valence-electron chi connectivity index (χ1n) is 7.27. The Morgan fingerprint density at radius 1 is 1.42 bits per heavy atom. The number of carbonyl (C=O) groups excluding carboxylic acids is 2. The van der Waals surface area contributed by atoms with Crippen molar-refractivity contribution in [2.45, 2.75) is 12.5 Å². The number of hydrogen-bond acceptors (Lipinski definition) is 7. The number of aromatic hydroxyl groups is 1. The molecule has 5 N–H and O–H groups in total. The van der Waals surface area contributed by atoms with E-state index >= 15 is 0 Å². The molecule has 0 aromatic heterocycles. The highest BCUT2D eigenvalue weighted by atomic mass is 32.2. The lowest BCUT2D eigenvalue weighted by Crippen LogP contribution is -2.65. The quantitative estimate of drug-likeness (QED) is 0.325. The zero-order valence-corrected chi connectivity index (χ0v) is 14.5. The molecule has 1 amide bonds. The summed E-state index contributed by atoms with van der Waals surface area (Å²) >= 11 is 1.61. The summed E-state index contributed by atoms with van der Waals surface area (Å²) in [6.07, 6.45) is 2.54. The van der Waals surface area contributed by atoms with Crippen molar-refractivity contribution in [1.29, 1.82) is 0 Å². The SMILES string of the molecule is COc1cc(C(=O)N(O)CCOC(=O)[C@@H]([NH3+])CCSC)ccc1O. The van der Waals surface area contributed by atoms with Gasteiger partial charge in [0, 0.05) is 12.0 Å². The van der Waals surface area contributed by atoms with Crippen molar-refractivity contribution in [1.82, 2.24) is 5.06 Å². The molecule has 0 radical (unpaired) electrons. The van der Waals surface area contributed by atoms with E-state index in [1.807, 2.05) is 6.26 Å². The zero-order valence-electron chi connectivity index (χ0n) is 13.7. The first kappa shape index (κ1) is 20.1.